The van der Waals surface area contributed by atoms with Crippen LogP contribution in [0.3, 0.4) is 0 Å². The number of nitrogens with one attached hydrogen (secondary N) is 1. The molecule has 0 saturated carbocycles. The highest BCUT2D eigenvalue weighted by Gasteiger charge is 2.18. The second kappa shape index (κ2) is 6.64. The highest BCUT2D eigenvalue weighted by Crippen LogP contribution is 2.24. The number of hydrogen-bond acceptors (Lipinski definition) is 4. The van der Waals surface area contributed by atoms with Crippen LogP contribution in [0.15, 0.2) is 24.4 Å². The average molecular weight is 315 g/mol. The molecule has 1 amide bonds. The predicted octanol–water partition coefficient (Wildman–Crippen LogP) is 2.89. The van der Waals surface area contributed by atoms with Crippen molar-refractivity contribution >= 4 is 17.6 Å². The number of esters is 1. The van der Waals surface area contributed by atoms with E-state index in [0.717, 1.165) is 11.3 Å². The minimum absolute atomic E-state index is 0.267. The van der Waals surface area contributed by atoms with E-state index in [9.17, 15) is 9.59 Å². The van der Waals surface area contributed by atoms with Crippen molar-refractivity contribution in [2.75, 3.05) is 12.4 Å². The molecule has 0 atom stereocenters. The number of carbonyl (C=O) groups is 2. The zero-order valence-corrected chi connectivity index (χ0v) is 14.0. The summed E-state index contributed by atoms with van der Waals surface area (Å²) in [5.74, 6) is -0.521. The van der Waals surface area contributed by atoms with Crippen LogP contribution in [-0.2, 0) is 11.8 Å². The van der Waals surface area contributed by atoms with Gasteiger partial charge < -0.3 is 10.1 Å². The van der Waals surface area contributed by atoms with Crippen molar-refractivity contribution in [1.82, 2.24) is 9.78 Å². The Kier molecular flexibility index (Phi) is 4.83. The van der Waals surface area contributed by atoms with Gasteiger partial charge >= 0.3 is 5.97 Å². The fourth-order valence-electron chi connectivity index (χ4n) is 2.22. The fourth-order valence-corrected chi connectivity index (χ4v) is 2.22. The van der Waals surface area contributed by atoms with Crippen LogP contribution in [0.25, 0.3) is 0 Å². The smallest absolute Gasteiger partial charge is 0.339 e. The number of aromatic nitrogens is 2. The quantitative estimate of drug-likeness (QED) is 0.881. The minimum atomic E-state index is -0.481. The molecule has 1 heterocycles. The van der Waals surface area contributed by atoms with E-state index < -0.39 is 5.97 Å². The third kappa shape index (κ3) is 3.41. The molecule has 0 fully saturated rings. The van der Waals surface area contributed by atoms with Crippen molar-refractivity contribution in [3.05, 3.63) is 46.8 Å². The van der Waals surface area contributed by atoms with Gasteiger partial charge in [-0.15, -0.1) is 0 Å². The SMILES string of the molecule is COC(=O)c1cc(C(C)C)ccc1NC(=O)c1cnn(C)c1C. The molecule has 0 unspecified atom stereocenters. The van der Waals surface area contributed by atoms with E-state index >= 15 is 0 Å². The molecule has 6 heteroatoms. The zero-order chi connectivity index (χ0) is 17.1. The summed E-state index contributed by atoms with van der Waals surface area (Å²) >= 11 is 0. The molecule has 0 radical (unpaired) electrons. The van der Waals surface area contributed by atoms with E-state index in [0.29, 0.717) is 16.8 Å². The van der Waals surface area contributed by atoms with Gasteiger partial charge in [0.15, 0.2) is 0 Å². The van der Waals surface area contributed by atoms with Gasteiger partial charge in [-0.25, -0.2) is 4.79 Å². The maximum atomic E-state index is 12.4. The standard InChI is InChI=1S/C17H21N3O3/c1-10(2)12-6-7-15(13(8-12)17(22)23-5)19-16(21)14-9-18-20(4)11(14)3/h6-10H,1-5H3,(H,19,21). The number of anilines is 1. The number of amides is 1. The summed E-state index contributed by atoms with van der Waals surface area (Å²) in [7, 11) is 3.09. The van der Waals surface area contributed by atoms with E-state index in [1.807, 2.05) is 26.8 Å². The number of aryl methyl sites for hydroxylation is 1. The van der Waals surface area contributed by atoms with Crippen LogP contribution in [-0.4, -0.2) is 28.8 Å². The molecule has 6 nitrogen and oxygen atoms in total. The topological polar surface area (TPSA) is 73.2 Å². The molecule has 0 bridgehead atoms. The molecule has 0 aliphatic rings. The number of ether oxygens (including phenoxy) is 1. The molecule has 122 valence electrons. The molecule has 0 aliphatic carbocycles. The number of benzene rings is 1. The summed E-state index contributed by atoms with van der Waals surface area (Å²) in [5.41, 5.74) is 2.99. The second-order valence-electron chi connectivity index (χ2n) is 5.67. The van der Waals surface area contributed by atoms with Crippen molar-refractivity contribution in [3.63, 3.8) is 0 Å². The Morgan fingerprint density at radius 3 is 2.48 bits per heavy atom. The number of carbonyl (C=O) groups excluding carboxylic acids is 2. The Labute approximate surface area is 135 Å². The second-order valence-corrected chi connectivity index (χ2v) is 5.67. The van der Waals surface area contributed by atoms with E-state index in [4.69, 9.17) is 4.74 Å². The van der Waals surface area contributed by atoms with Crippen LogP contribution < -0.4 is 5.32 Å². The molecule has 1 aromatic carbocycles. The molecule has 2 aromatic rings. The normalized spacial score (nSPS) is 10.7. The van der Waals surface area contributed by atoms with Gasteiger partial charge in [-0.1, -0.05) is 19.9 Å². The van der Waals surface area contributed by atoms with Gasteiger partial charge in [-0.3, -0.25) is 9.48 Å². The average Bonchev–Trinajstić information content (AvgIpc) is 2.86. The molecule has 0 saturated heterocycles. The molecular weight excluding hydrogens is 294 g/mol. The first-order chi connectivity index (χ1) is 10.8. The van der Waals surface area contributed by atoms with Gasteiger partial charge in [0.05, 0.1) is 30.1 Å². The molecule has 1 aromatic heterocycles. The van der Waals surface area contributed by atoms with Crippen molar-refractivity contribution in [1.29, 1.82) is 0 Å². The van der Waals surface area contributed by atoms with Crippen molar-refractivity contribution in [2.45, 2.75) is 26.7 Å². The number of nitrogens with zero attached hydrogens (tertiary/aromatic N) is 2. The Hall–Kier alpha value is -2.63. The highest BCUT2D eigenvalue weighted by molar-refractivity contribution is 6.08. The van der Waals surface area contributed by atoms with Gasteiger partial charge in [0, 0.05) is 12.7 Å². The van der Waals surface area contributed by atoms with E-state index in [1.54, 1.807) is 23.9 Å². The summed E-state index contributed by atoms with van der Waals surface area (Å²) in [5, 5.41) is 6.82. The lowest BCUT2D eigenvalue weighted by Crippen LogP contribution is -2.16. The van der Waals surface area contributed by atoms with Gasteiger partial charge in [-0.05, 0) is 30.5 Å². The van der Waals surface area contributed by atoms with Crippen LogP contribution in [0, 0.1) is 6.92 Å². The van der Waals surface area contributed by atoms with Crippen molar-refractivity contribution in [2.24, 2.45) is 7.05 Å². The summed E-state index contributed by atoms with van der Waals surface area (Å²) < 4.78 is 6.44. The third-order valence-electron chi connectivity index (χ3n) is 3.84. The van der Waals surface area contributed by atoms with E-state index in [1.165, 1.54) is 13.3 Å². The first kappa shape index (κ1) is 16.7. The maximum absolute atomic E-state index is 12.4. The van der Waals surface area contributed by atoms with Crippen molar-refractivity contribution in [3.8, 4) is 0 Å². The molecule has 2 rings (SSSR count). The lowest BCUT2D eigenvalue weighted by atomic mass is 9.99. The lowest BCUT2D eigenvalue weighted by molar-refractivity contribution is 0.0602. The summed E-state index contributed by atoms with van der Waals surface area (Å²) in [4.78, 5) is 24.4. The summed E-state index contributed by atoms with van der Waals surface area (Å²) in [6.07, 6.45) is 1.50. The highest BCUT2D eigenvalue weighted by atomic mass is 16.5. The van der Waals surface area contributed by atoms with Crippen LogP contribution in [0.5, 0.6) is 0 Å². The van der Waals surface area contributed by atoms with Gasteiger partial charge in [0.1, 0.15) is 0 Å². The first-order valence-electron chi connectivity index (χ1n) is 7.37. The van der Waals surface area contributed by atoms with Crippen LogP contribution >= 0.6 is 0 Å². The molecule has 0 spiro atoms. The van der Waals surface area contributed by atoms with Crippen LogP contribution in [0.4, 0.5) is 5.69 Å². The monoisotopic (exact) mass is 315 g/mol. The Morgan fingerprint density at radius 2 is 1.96 bits per heavy atom. The predicted molar refractivity (Wildman–Crippen MR) is 87.8 cm³/mol. The van der Waals surface area contributed by atoms with Gasteiger partial charge in [-0.2, -0.15) is 5.10 Å². The van der Waals surface area contributed by atoms with Gasteiger partial charge in [0.25, 0.3) is 5.91 Å². The number of hydrogen-bond donors (Lipinski definition) is 1. The maximum Gasteiger partial charge on any atom is 0.339 e. The number of methoxy groups -OCH3 is 1. The molecule has 1 N–H and O–H groups in total. The Balaban J connectivity index is 2.37. The third-order valence-corrected chi connectivity index (χ3v) is 3.84. The fraction of sp³-hybridized carbons (Fsp3) is 0.353. The van der Waals surface area contributed by atoms with Crippen LogP contribution in [0.1, 0.15) is 51.7 Å². The van der Waals surface area contributed by atoms with Gasteiger partial charge in [0.2, 0.25) is 0 Å². The lowest BCUT2D eigenvalue weighted by Gasteiger charge is -2.13. The van der Waals surface area contributed by atoms with Crippen LogP contribution in [0.2, 0.25) is 0 Å². The summed E-state index contributed by atoms with van der Waals surface area (Å²) in [6, 6.07) is 5.37. The molecule has 23 heavy (non-hydrogen) atoms. The molecular formula is C17H21N3O3. The number of rotatable bonds is 4. The first-order valence-corrected chi connectivity index (χ1v) is 7.37. The zero-order valence-electron chi connectivity index (χ0n) is 14.0. The van der Waals surface area contributed by atoms with E-state index in [-0.39, 0.29) is 11.8 Å². The Morgan fingerprint density at radius 1 is 1.26 bits per heavy atom. The minimum Gasteiger partial charge on any atom is -0.465 e. The van der Waals surface area contributed by atoms with Crippen molar-refractivity contribution < 1.29 is 14.3 Å². The largest absolute Gasteiger partial charge is 0.465 e. The summed E-state index contributed by atoms with van der Waals surface area (Å²) in [6.45, 7) is 5.88. The Bertz CT molecular complexity index is 748. The van der Waals surface area contributed by atoms with E-state index in [2.05, 4.69) is 10.4 Å². The molecule has 0 aliphatic heterocycles.